The molecule has 0 amide bonds. The van der Waals surface area contributed by atoms with Crippen LogP contribution < -0.4 is 10.4 Å². The maximum absolute atomic E-state index is 14.0. The fourth-order valence-electron chi connectivity index (χ4n) is 7.50. The van der Waals surface area contributed by atoms with Crippen molar-refractivity contribution in [3.05, 3.63) is 99.7 Å². The molecule has 0 unspecified atom stereocenters. The van der Waals surface area contributed by atoms with Gasteiger partial charge in [-0.15, -0.1) is 0 Å². The summed E-state index contributed by atoms with van der Waals surface area (Å²) in [7, 11) is 0. The van der Waals surface area contributed by atoms with Crippen LogP contribution in [-0.4, -0.2) is 70.2 Å². The van der Waals surface area contributed by atoms with Crippen LogP contribution in [0.15, 0.2) is 66.7 Å². The van der Waals surface area contributed by atoms with E-state index in [1.54, 1.807) is 39.8 Å². The fraction of sp³-hybridized carbons (Fsp3) is 0.255. The third-order valence-corrected chi connectivity index (χ3v) is 10.5. The standard InChI is InChI=1S/C47H44N4O8/c1-9-56-44(52)36(45(53)57-10-2)34-31-22-20-29-18-19-30-21-23-32(49-43(30)42(29)48-31)35(37(46(54)58-11-3)47(55)59-12-4)41-27(8)25(6)39(51-41)33(28-16-14-13-15-17-28)38-24(5)26(7)40(34)50-38/h13-23,50H,9-12H2,1-8H3. The molecule has 1 aliphatic heterocycles. The van der Waals surface area contributed by atoms with Crippen LogP contribution >= 0.6 is 0 Å². The van der Waals surface area contributed by atoms with E-state index in [1.165, 1.54) is 0 Å². The van der Waals surface area contributed by atoms with Crippen molar-refractivity contribution < 1.29 is 38.1 Å². The van der Waals surface area contributed by atoms with Gasteiger partial charge in [-0.25, -0.2) is 34.1 Å². The number of aromatic amines is 1. The molecule has 300 valence electrons. The summed E-state index contributed by atoms with van der Waals surface area (Å²) in [5.41, 5.74) is 7.19. The Balaban J connectivity index is 1.92. The van der Waals surface area contributed by atoms with E-state index in [1.807, 2.05) is 82.3 Å². The molecule has 0 radical (unpaired) electrons. The van der Waals surface area contributed by atoms with Gasteiger partial charge < -0.3 is 23.9 Å². The Kier molecular flexibility index (Phi) is 11.3. The first-order chi connectivity index (χ1) is 28.4. The van der Waals surface area contributed by atoms with Crippen LogP contribution in [0.4, 0.5) is 0 Å². The number of allylic oxidation sites excluding steroid dienone is 2. The van der Waals surface area contributed by atoms with Crippen LogP contribution in [0.3, 0.4) is 0 Å². The number of rotatable bonds is 9. The van der Waals surface area contributed by atoms with Gasteiger partial charge in [-0.1, -0.05) is 54.6 Å². The Morgan fingerprint density at radius 1 is 0.508 bits per heavy atom. The average molecular weight is 793 g/mol. The molecule has 2 aromatic carbocycles. The molecular weight excluding hydrogens is 749 g/mol. The average Bonchev–Trinajstić information content (AvgIpc) is 3.67. The highest BCUT2D eigenvalue weighted by Gasteiger charge is 2.30. The lowest BCUT2D eigenvalue weighted by molar-refractivity contribution is -0.144. The summed E-state index contributed by atoms with van der Waals surface area (Å²) in [6.45, 7) is 14.4. The molecule has 6 aromatic rings. The van der Waals surface area contributed by atoms with Gasteiger partial charge in [-0.05, 0) is 95.4 Å². The lowest BCUT2D eigenvalue weighted by Crippen LogP contribution is -2.27. The van der Waals surface area contributed by atoms with Crippen LogP contribution in [0.5, 0.6) is 0 Å². The first kappa shape index (κ1) is 40.3. The molecule has 12 heteroatoms. The van der Waals surface area contributed by atoms with Crippen LogP contribution in [0.2, 0.25) is 0 Å². The van der Waals surface area contributed by atoms with Crippen molar-refractivity contribution in [2.75, 3.05) is 26.4 Å². The second-order valence-corrected chi connectivity index (χ2v) is 13.9. The van der Waals surface area contributed by atoms with E-state index in [0.717, 1.165) is 22.3 Å². The molecule has 0 fully saturated rings. The van der Waals surface area contributed by atoms with Crippen LogP contribution in [0.1, 0.15) is 64.1 Å². The van der Waals surface area contributed by atoms with Crippen LogP contribution in [-0.2, 0) is 38.1 Å². The quantitative estimate of drug-likeness (QED) is 0.0693. The largest absolute Gasteiger partial charge is 0.462 e. The van der Waals surface area contributed by atoms with E-state index in [9.17, 15) is 19.2 Å². The van der Waals surface area contributed by atoms with Gasteiger partial charge in [0, 0.05) is 26.8 Å². The monoisotopic (exact) mass is 792 g/mol. The molecule has 0 spiro atoms. The van der Waals surface area contributed by atoms with Gasteiger partial charge in [0.2, 0.25) is 0 Å². The minimum atomic E-state index is -0.881. The van der Waals surface area contributed by atoms with Gasteiger partial charge in [0.1, 0.15) is 0 Å². The number of pyridine rings is 2. The van der Waals surface area contributed by atoms with Gasteiger partial charge in [0.15, 0.2) is 11.1 Å². The zero-order chi connectivity index (χ0) is 42.1. The SMILES string of the molecule is CCOC(=O)C(C(=O)OCC)=c1c2nc(c(-c3ccccc3)c3[nH]c(c(C)c3C)c(=C(C(=O)OCC)C(=O)OCC)c3ccc4ccc5ccc1nc5c4n3)C(C)=C2C. The zero-order valence-electron chi connectivity index (χ0n) is 34.3. The lowest BCUT2D eigenvalue weighted by Gasteiger charge is -2.10. The summed E-state index contributed by atoms with van der Waals surface area (Å²) in [6.07, 6.45) is 0. The fourth-order valence-corrected chi connectivity index (χ4v) is 7.50. The van der Waals surface area contributed by atoms with E-state index in [2.05, 4.69) is 4.98 Å². The molecule has 8 bridgehead atoms. The predicted molar refractivity (Wildman–Crippen MR) is 227 cm³/mol. The molecule has 5 heterocycles. The Morgan fingerprint density at radius 3 is 1.42 bits per heavy atom. The topological polar surface area (TPSA) is 160 Å². The molecule has 1 aliphatic rings. The Hall–Kier alpha value is -6.95. The molecule has 59 heavy (non-hydrogen) atoms. The van der Waals surface area contributed by atoms with Crippen molar-refractivity contribution in [1.29, 1.82) is 0 Å². The normalized spacial score (nSPS) is 11.9. The van der Waals surface area contributed by atoms with E-state index < -0.39 is 23.9 Å². The van der Waals surface area contributed by atoms with Gasteiger partial charge in [-0.2, -0.15) is 0 Å². The molecule has 0 aliphatic carbocycles. The Bertz CT molecular complexity index is 2960. The predicted octanol–water partition coefficient (Wildman–Crippen LogP) is 7.04. The lowest BCUT2D eigenvalue weighted by atomic mass is 9.97. The summed E-state index contributed by atoms with van der Waals surface area (Å²) < 4.78 is 22.1. The molecular formula is C47H44N4O8. The highest BCUT2D eigenvalue weighted by molar-refractivity contribution is 6.38. The number of nitrogens with one attached hydrogen (secondary N) is 1. The number of ether oxygens (including phenoxy) is 4. The highest BCUT2D eigenvalue weighted by atomic mass is 16.6. The van der Waals surface area contributed by atoms with Gasteiger partial charge >= 0.3 is 23.9 Å². The zero-order valence-corrected chi connectivity index (χ0v) is 34.3. The maximum atomic E-state index is 14.0. The van der Waals surface area contributed by atoms with Crippen molar-refractivity contribution in [2.45, 2.75) is 55.4 Å². The number of fused-ring (bicyclic) bond motifs is 6. The number of nitrogens with zero attached hydrogens (tertiary/aromatic N) is 3. The van der Waals surface area contributed by atoms with Gasteiger partial charge in [0.25, 0.3) is 0 Å². The Morgan fingerprint density at radius 2 is 0.932 bits per heavy atom. The van der Waals surface area contributed by atoms with Crippen LogP contribution in [0.25, 0.3) is 77.3 Å². The number of aromatic nitrogens is 4. The maximum Gasteiger partial charge on any atom is 0.346 e. The smallest absolute Gasteiger partial charge is 0.346 e. The number of carbonyl (C=O) groups excluding carboxylic acids is 4. The third kappa shape index (κ3) is 7.04. The van der Waals surface area contributed by atoms with Crippen molar-refractivity contribution in [1.82, 2.24) is 19.9 Å². The van der Waals surface area contributed by atoms with Crippen LogP contribution in [0, 0.1) is 13.8 Å². The second-order valence-electron chi connectivity index (χ2n) is 13.9. The minimum Gasteiger partial charge on any atom is -0.462 e. The third-order valence-electron chi connectivity index (χ3n) is 10.5. The summed E-state index contributed by atoms with van der Waals surface area (Å²) >= 11 is 0. The molecule has 0 atom stereocenters. The van der Waals surface area contributed by atoms with Crippen molar-refractivity contribution >= 4 is 90.0 Å². The Labute approximate surface area is 339 Å². The molecule has 12 nitrogen and oxygen atoms in total. The molecule has 0 saturated carbocycles. The first-order valence-corrected chi connectivity index (χ1v) is 19.6. The van der Waals surface area contributed by atoms with E-state index in [0.29, 0.717) is 55.4 Å². The number of hydrogen-bond acceptors (Lipinski definition) is 11. The number of aryl methyl sites for hydroxylation is 2. The molecule has 7 rings (SSSR count). The van der Waals surface area contributed by atoms with Crippen molar-refractivity contribution in [2.24, 2.45) is 0 Å². The number of esters is 4. The van der Waals surface area contributed by atoms with E-state index in [4.69, 9.17) is 33.9 Å². The second kappa shape index (κ2) is 16.5. The summed E-state index contributed by atoms with van der Waals surface area (Å²) in [5.74, 6) is -3.50. The van der Waals surface area contributed by atoms with Crippen molar-refractivity contribution in [3.63, 3.8) is 0 Å². The summed E-state index contributed by atoms with van der Waals surface area (Å²) in [4.78, 5) is 75.1. The molecule has 1 N–H and O–H groups in total. The summed E-state index contributed by atoms with van der Waals surface area (Å²) in [6, 6.07) is 20.6. The minimum absolute atomic E-state index is 0.00432. The van der Waals surface area contributed by atoms with Gasteiger partial charge in [0.05, 0.1) is 70.9 Å². The molecule has 0 saturated heterocycles. The number of benzene rings is 2. The van der Waals surface area contributed by atoms with Crippen molar-refractivity contribution in [3.8, 4) is 11.1 Å². The summed E-state index contributed by atoms with van der Waals surface area (Å²) in [5, 5.41) is 1.72. The first-order valence-electron chi connectivity index (χ1n) is 19.6. The number of carbonyl (C=O) groups is 4. The highest BCUT2D eigenvalue weighted by Crippen LogP contribution is 2.38. The van der Waals surface area contributed by atoms with Gasteiger partial charge in [-0.3, -0.25) is 0 Å². The van der Waals surface area contributed by atoms with E-state index >= 15 is 0 Å². The molecule has 4 aromatic heterocycles. The number of H-pyrrole nitrogens is 1. The number of hydrogen-bond donors (Lipinski definition) is 1. The van der Waals surface area contributed by atoms with E-state index in [-0.39, 0.29) is 59.0 Å².